The lowest BCUT2D eigenvalue weighted by Crippen LogP contribution is -2.07. The van der Waals surface area contributed by atoms with Crippen LogP contribution in [0.2, 0.25) is 0 Å². The zero-order valence-electron chi connectivity index (χ0n) is 7.56. The standard InChI is InChI=1S/C9H18O2/c1-10-7-5-9(3-4-9)6-8-11-2/h3-8H2,1-2H3. The van der Waals surface area contributed by atoms with Crippen LogP contribution in [-0.2, 0) is 9.47 Å². The monoisotopic (exact) mass is 158 g/mol. The first-order valence-electron chi connectivity index (χ1n) is 4.31. The number of hydrogen-bond acceptors (Lipinski definition) is 2. The van der Waals surface area contributed by atoms with Crippen molar-refractivity contribution < 1.29 is 9.47 Å². The van der Waals surface area contributed by atoms with Gasteiger partial charge >= 0.3 is 0 Å². The molecule has 0 saturated heterocycles. The van der Waals surface area contributed by atoms with Gasteiger partial charge in [0.1, 0.15) is 0 Å². The number of methoxy groups -OCH3 is 2. The highest BCUT2D eigenvalue weighted by Crippen LogP contribution is 2.51. The van der Waals surface area contributed by atoms with Gasteiger partial charge in [-0.3, -0.25) is 0 Å². The zero-order valence-corrected chi connectivity index (χ0v) is 7.56. The summed E-state index contributed by atoms with van der Waals surface area (Å²) in [4.78, 5) is 0. The second-order valence-corrected chi connectivity index (χ2v) is 3.49. The van der Waals surface area contributed by atoms with Gasteiger partial charge in [-0.2, -0.15) is 0 Å². The Morgan fingerprint density at radius 2 is 1.45 bits per heavy atom. The van der Waals surface area contributed by atoms with Gasteiger partial charge in [0.15, 0.2) is 0 Å². The van der Waals surface area contributed by atoms with E-state index in [0.29, 0.717) is 5.41 Å². The maximum absolute atomic E-state index is 5.06. The maximum atomic E-state index is 5.06. The summed E-state index contributed by atoms with van der Waals surface area (Å²) < 4.78 is 10.1. The Hall–Kier alpha value is -0.0800. The molecule has 0 bridgehead atoms. The van der Waals surface area contributed by atoms with Gasteiger partial charge in [0.25, 0.3) is 0 Å². The summed E-state index contributed by atoms with van der Waals surface area (Å²) in [5.74, 6) is 0. The molecule has 0 aliphatic heterocycles. The van der Waals surface area contributed by atoms with E-state index in [4.69, 9.17) is 9.47 Å². The molecule has 0 unspecified atom stereocenters. The molecule has 11 heavy (non-hydrogen) atoms. The van der Waals surface area contributed by atoms with Crippen molar-refractivity contribution in [2.24, 2.45) is 5.41 Å². The summed E-state index contributed by atoms with van der Waals surface area (Å²) in [6.07, 6.45) is 5.18. The first-order valence-corrected chi connectivity index (χ1v) is 4.31. The quantitative estimate of drug-likeness (QED) is 0.587. The summed E-state index contributed by atoms with van der Waals surface area (Å²) in [5.41, 5.74) is 0.603. The van der Waals surface area contributed by atoms with Crippen molar-refractivity contribution in [2.75, 3.05) is 27.4 Å². The van der Waals surface area contributed by atoms with Crippen LogP contribution in [0.3, 0.4) is 0 Å². The zero-order chi connectivity index (χ0) is 8.16. The SMILES string of the molecule is COCCC1(CCOC)CC1. The third kappa shape index (κ3) is 2.80. The van der Waals surface area contributed by atoms with E-state index in [1.54, 1.807) is 14.2 Å². The summed E-state index contributed by atoms with van der Waals surface area (Å²) in [7, 11) is 3.54. The van der Waals surface area contributed by atoms with E-state index < -0.39 is 0 Å². The fraction of sp³-hybridized carbons (Fsp3) is 1.00. The Balaban J connectivity index is 2.08. The third-order valence-electron chi connectivity index (χ3n) is 2.63. The van der Waals surface area contributed by atoms with Crippen molar-refractivity contribution in [3.8, 4) is 0 Å². The average molecular weight is 158 g/mol. The topological polar surface area (TPSA) is 18.5 Å². The van der Waals surface area contributed by atoms with E-state index in [2.05, 4.69) is 0 Å². The summed E-state index contributed by atoms with van der Waals surface area (Å²) in [5, 5.41) is 0. The molecular weight excluding hydrogens is 140 g/mol. The minimum atomic E-state index is 0.603. The summed E-state index contributed by atoms with van der Waals surface area (Å²) >= 11 is 0. The van der Waals surface area contributed by atoms with Gasteiger partial charge in [-0.1, -0.05) is 0 Å². The van der Waals surface area contributed by atoms with E-state index in [9.17, 15) is 0 Å². The molecule has 2 nitrogen and oxygen atoms in total. The molecule has 0 N–H and O–H groups in total. The molecule has 0 aromatic carbocycles. The molecule has 0 amide bonds. The van der Waals surface area contributed by atoms with Crippen LogP contribution in [-0.4, -0.2) is 27.4 Å². The lowest BCUT2D eigenvalue weighted by Gasteiger charge is -2.12. The van der Waals surface area contributed by atoms with Crippen molar-refractivity contribution in [1.29, 1.82) is 0 Å². The van der Waals surface area contributed by atoms with E-state index in [1.165, 1.54) is 25.7 Å². The van der Waals surface area contributed by atoms with Crippen LogP contribution in [0.1, 0.15) is 25.7 Å². The molecule has 0 aromatic rings. The first-order chi connectivity index (χ1) is 5.33. The Kier molecular flexibility index (Phi) is 3.34. The highest BCUT2D eigenvalue weighted by molar-refractivity contribution is 4.92. The Labute approximate surface area is 68.9 Å². The van der Waals surface area contributed by atoms with Gasteiger partial charge in [0.2, 0.25) is 0 Å². The molecule has 0 spiro atoms. The van der Waals surface area contributed by atoms with Crippen LogP contribution in [0, 0.1) is 5.41 Å². The molecule has 0 aromatic heterocycles. The van der Waals surface area contributed by atoms with Gasteiger partial charge in [-0.25, -0.2) is 0 Å². The predicted octanol–water partition coefficient (Wildman–Crippen LogP) is 1.84. The van der Waals surface area contributed by atoms with Crippen LogP contribution < -0.4 is 0 Å². The van der Waals surface area contributed by atoms with Crippen LogP contribution in [0.15, 0.2) is 0 Å². The summed E-state index contributed by atoms with van der Waals surface area (Å²) in [6, 6.07) is 0. The second-order valence-electron chi connectivity index (χ2n) is 3.49. The minimum absolute atomic E-state index is 0.603. The van der Waals surface area contributed by atoms with Crippen LogP contribution in [0.25, 0.3) is 0 Å². The largest absolute Gasteiger partial charge is 0.385 e. The second kappa shape index (κ2) is 4.07. The molecule has 0 atom stereocenters. The Morgan fingerprint density at radius 1 is 1.00 bits per heavy atom. The fourth-order valence-electron chi connectivity index (χ4n) is 1.44. The Morgan fingerprint density at radius 3 is 1.73 bits per heavy atom. The van der Waals surface area contributed by atoms with E-state index in [0.717, 1.165) is 13.2 Å². The summed E-state index contributed by atoms with van der Waals surface area (Å²) in [6.45, 7) is 1.81. The molecule has 0 heterocycles. The number of hydrogen-bond donors (Lipinski definition) is 0. The maximum Gasteiger partial charge on any atom is 0.0467 e. The molecule has 0 radical (unpaired) electrons. The molecule has 66 valence electrons. The van der Waals surface area contributed by atoms with Crippen LogP contribution >= 0.6 is 0 Å². The van der Waals surface area contributed by atoms with Gasteiger partial charge in [0, 0.05) is 27.4 Å². The van der Waals surface area contributed by atoms with Crippen molar-refractivity contribution in [3.63, 3.8) is 0 Å². The van der Waals surface area contributed by atoms with E-state index >= 15 is 0 Å². The molecule has 1 rings (SSSR count). The predicted molar refractivity (Wildman–Crippen MR) is 44.7 cm³/mol. The molecule has 2 heteroatoms. The van der Waals surface area contributed by atoms with E-state index in [1.807, 2.05) is 0 Å². The van der Waals surface area contributed by atoms with Crippen molar-refractivity contribution in [1.82, 2.24) is 0 Å². The number of rotatable bonds is 6. The molecule has 1 aliphatic rings. The molecule has 1 saturated carbocycles. The first kappa shape index (κ1) is 9.01. The van der Waals surface area contributed by atoms with Crippen molar-refractivity contribution in [2.45, 2.75) is 25.7 Å². The number of ether oxygens (including phenoxy) is 2. The van der Waals surface area contributed by atoms with Gasteiger partial charge in [-0.05, 0) is 31.1 Å². The lowest BCUT2D eigenvalue weighted by molar-refractivity contribution is 0.139. The van der Waals surface area contributed by atoms with Gasteiger partial charge in [-0.15, -0.1) is 0 Å². The fourth-order valence-corrected chi connectivity index (χ4v) is 1.44. The highest BCUT2D eigenvalue weighted by atomic mass is 16.5. The van der Waals surface area contributed by atoms with Crippen molar-refractivity contribution in [3.05, 3.63) is 0 Å². The molecule has 1 fully saturated rings. The van der Waals surface area contributed by atoms with Crippen LogP contribution in [0.5, 0.6) is 0 Å². The third-order valence-corrected chi connectivity index (χ3v) is 2.63. The molecule has 1 aliphatic carbocycles. The average Bonchev–Trinajstić information content (AvgIpc) is 2.79. The smallest absolute Gasteiger partial charge is 0.0467 e. The normalized spacial score (nSPS) is 20.2. The minimum Gasteiger partial charge on any atom is -0.385 e. The molecular formula is C9H18O2. The van der Waals surface area contributed by atoms with E-state index in [-0.39, 0.29) is 0 Å². The Bertz CT molecular complexity index is 98.1. The van der Waals surface area contributed by atoms with Gasteiger partial charge < -0.3 is 9.47 Å². The van der Waals surface area contributed by atoms with Gasteiger partial charge in [0.05, 0.1) is 0 Å². The lowest BCUT2D eigenvalue weighted by atomic mass is 9.99. The van der Waals surface area contributed by atoms with Crippen LogP contribution in [0.4, 0.5) is 0 Å². The van der Waals surface area contributed by atoms with Crippen molar-refractivity contribution >= 4 is 0 Å². The highest BCUT2D eigenvalue weighted by Gasteiger charge is 2.41.